The van der Waals surface area contributed by atoms with Gasteiger partial charge in [-0.05, 0) is 96.8 Å². The van der Waals surface area contributed by atoms with Crippen LogP contribution in [-0.4, -0.2) is 11.9 Å². The molecule has 0 saturated heterocycles. The Balaban J connectivity index is 1.28. The minimum atomic E-state index is -0.420. The SMILES string of the molecule is CCCCCC#Cc1ccc(C(=O)Oc2ccc(-c3ccc(OC(=O)c4ccc(C#CCCCCC)cc4)cc3)cc2)cc1. The molecular weight excluding hydrogens is 544 g/mol. The lowest BCUT2D eigenvalue weighted by molar-refractivity contribution is 0.0725. The zero-order valence-electron chi connectivity index (χ0n) is 25.5. The Morgan fingerprint density at radius 3 is 1.20 bits per heavy atom. The number of ether oxygens (including phenoxy) is 2. The van der Waals surface area contributed by atoms with E-state index in [-0.39, 0.29) is 0 Å². The third kappa shape index (κ3) is 10.0. The van der Waals surface area contributed by atoms with Crippen LogP contribution in [0.25, 0.3) is 11.1 Å². The monoisotopic (exact) mass is 582 g/mol. The molecule has 0 unspecified atom stereocenters. The second kappa shape index (κ2) is 17.2. The maximum Gasteiger partial charge on any atom is 0.343 e. The largest absolute Gasteiger partial charge is 0.423 e. The number of rotatable bonds is 11. The lowest BCUT2D eigenvalue weighted by atomic mass is 10.1. The molecule has 4 rings (SSSR count). The van der Waals surface area contributed by atoms with E-state index >= 15 is 0 Å². The first-order valence-electron chi connectivity index (χ1n) is 15.4. The van der Waals surface area contributed by atoms with E-state index in [1.165, 1.54) is 25.7 Å². The fraction of sp³-hybridized carbons (Fsp3) is 0.250. The molecule has 0 heterocycles. The molecule has 0 aliphatic heterocycles. The predicted octanol–water partition coefficient (Wildman–Crippen LogP) is 9.66. The topological polar surface area (TPSA) is 52.6 Å². The lowest BCUT2D eigenvalue weighted by Crippen LogP contribution is -2.08. The van der Waals surface area contributed by atoms with Gasteiger partial charge in [0.1, 0.15) is 11.5 Å². The van der Waals surface area contributed by atoms with Crippen LogP contribution in [0, 0.1) is 23.7 Å². The van der Waals surface area contributed by atoms with Crippen molar-refractivity contribution in [1.82, 2.24) is 0 Å². The van der Waals surface area contributed by atoms with Crippen LogP contribution in [0.15, 0.2) is 97.1 Å². The summed E-state index contributed by atoms with van der Waals surface area (Å²) < 4.78 is 11.1. The molecule has 0 aromatic heterocycles. The van der Waals surface area contributed by atoms with E-state index in [0.29, 0.717) is 22.6 Å². The van der Waals surface area contributed by atoms with Gasteiger partial charge in [0, 0.05) is 24.0 Å². The van der Waals surface area contributed by atoms with E-state index in [0.717, 1.165) is 47.9 Å². The normalized spacial score (nSPS) is 10.1. The molecule has 4 aromatic rings. The Labute approximate surface area is 261 Å². The third-order valence-corrected chi connectivity index (χ3v) is 6.98. The fourth-order valence-corrected chi connectivity index (χ4v) is 4.40. The number of carbonyl (C=O) groups excluding carboxylic acids is 2. The van der Waals surface area contributed by atoms with Gasteiger partial charge in [0.2, 0.25) is 0 Å². The Kier molecular flexibility index (Phi) is 12.4. The first-order valence-corrected chi connectivity index (χ1v) is 15.4. The summed E-state index contributed by atoms with van der Waals surface area (Å²) in [7, 11) is 0. The zero-order valence-corrected chi connectivity index (χ0v) is 25.5. The van der Waals surface area contributed by atoms with Gasteiger partial charge in [-0.2, -0.15) is 0 Å². The Hall–Kier alpha value is -5.06. The van der Waals surface area contributed by atoms with Crippen LogP contribution in [0.1, 0.15) is 97.1 Å². The second-order valence-corrected chi connectivity index (χ2v) is 10.5. The molecule has 0 aliphatic carbocycles. The number of esters is 2. The number of unbranched alkanes of at least 4 members (excludes halogenated alkanes) is 6. The van der Waals surface area contributed by atoms with Gasteiger partial charge in [-0.3, -0.25) is 0 Å². The fourth-order valence-electron chi connectivity index (χ4n) is 4.40. The summed E-state index contributed by atoms with van der Waals surface area (Å²) in [4.78, 5) is 25.3. The first kappa shape index (κ1) is 31.9. The summed E-state index contributed by atoms with van der Waals surface area (Å²) in [6.45, 7) is 4.35. The number of hydrogen-bond donors (Lipinski definition) is 0. The van der Waals surface area contributed by atoms with Crippen molar-refractivity contribution in [2.45, 2.75) is 65.2 Å². The van der Waals surface area contributed by atoms with Crippen LogP contribution in [-0.2, 0) is 0 Å². The molecule has 0 atom stereocenters. The molecule has 44 heavy (non-hydrogen) atoms. The molecule has 0 bridgehead atoms. The van der Waals surface area contributed by atoms with E-state index in [1.54, 1.807) is 48.5 Å². The molecule has 0 saturated carbocycles. The molecule has 4 heteroatoms. The summed E-state index contributed by atoms with van der Waals surface area (Å²) in [6, 6.07) is 28.9. The van der Waals surface area contributed by atoms with E-state index in [4.69, 9.17) is 9.47 Å². The van der Waals surface area contributed by atoms with Crippen molar-refractivity contribution in [2.75, 3.05) is 0 Å². The van der Waals surface area contributed by atoms with Crippen molar-refractivity contribution in [1.29, 1.82) is 0 Å². The summed E-state index contributed by atoms with van der Waals surface area (Å²) in [5.41, 5.74) is 4.59. The van der Waals surface area contributed by atoms with E-state index in [9.17, 15) is 9.59 Å². The molecule has 4 aromatic carbocycles. The van der Waals surface area contributed by atoms with Gasteiger partial charge in [-0.25, -0.2) is 9.59 Å². The van der Waals surface area contributed by atoms with Crippen molar-refractivity contribution < 1.29 is 19.1 Å². The molecular formula is C40H38O4. The first-order chi connectivity index (χ1) is 21.6. The zero-order chi connectivity index (χ0) is 31.0. The minimum Gasteiger partial charge on any atom is -0.423 e. The van der Waals surface area contributed by atoms with Gasteiger partial charge in [-0.1, -0.05) is 87.5 Å². The summed E-state index contributed by atoms with van der Waals surface area (Å²) >= 11 is 0. The number of hydrogen-bond acceptors (Lipinski definition) is 4. The van der Waals surface area contributed by atoms with Gasteiger partial charge in [0.05, 0.1) is 11.1 Å². The van der Waals surface area contributed by atoms with Crippen molar-refractivity contribution >= 4 is 11.9 Å². The summed E-state index contributed by atoms with van der Waals surface area (Å²) in [5.74, 6) is 12.7. The van der Waals surface area contributed by atoms with Crippen molar-refractivity contribution in [3.05, 3.63) is 119 Å². The van der Waals surface area contributed by atoms with Crippen LogP contribution >= 0.6 is 0 Å². The Morgan fingerprint density at radius 2 is 0.864 bits per heavy atom. The molecule has 0 amide bonds. The molecule has 0 N–H and O–H groups in total. The highest BCUT2D eigenvalue weighted by Gasteiger charge is 2.10. The molecule has 222 valence electrons. The van der Waals surface area contributed by atoms with E-state index in [1.807, 2.05) is 48.5 Å². The van der Waals surface area contributed by atoms with Crippen LogP contribution in [0.4, 0.5) is 0 Å². The average molecular weight is 583 g/mol. The number of benzene rings is 4. The van der Waals surface area contributed by atoms with E-state index in [2.05, 4.69) is 37.5 Å². The highest BCUT2D eigenvalue weighted by molar-refractivity contribution is 5.92. The van der Waals surface area contributed by atoms with Crippen LogP contribution in [0.5, 0.6) is 11.5 Å². The maximum atomic E-state index is 12.6. The standard InChI is InChI=1S/C40H38O4/c1-3-5-7-9-11-13-31-15-19-35(20-16-31)39(41)43-37-27-23-33(24-28-37)34-25-29-38(30-26-34)44-40(42)36-21-17-32(18-22-36)14-12-10-8-6-4-2/h15-30H,3-10H2,1-2H3. The highest BCUT2D eigenvalue weighted by atomic mass is 16.5. The van der Waals surface area contributed by atoms with Gasteiger partial charge >= 0.3 is 11.9 Å². The molecule has 0 radical (unpaired) electrons. The smallest absolute Gasteiger partial charge is 0.343 e. The second-order valence-electron chi connectivity index (χ2n) is 10.5. The number of carbonyl (C=O) groups is 2. The van der Waals surface area contributed by atoms with Crippen LogP contribution in [0.3, 0.4) is 0 Å². The van der Waals surface area contributed by atoms with Gasteiger partial charge in [0.25, 0.3) is 0 Å². The summed E-state index contributed by atoms with van der Waals surface area (Å²) in [5, 5.41) is 0. The summed E-state index contributed by atoms with van der Waals surface area (Å²) in [6.07, 6.45) is 8.73. The van der Waals surface area contributed by atoms with Crippen LogP contribution in [0.2, 0.25) is 0 Å². The lowest BCUT2D eigenvalue weighted by Gasteiger charge is -2.08. The van der Waals surface area contributed by atoms with Crippen molar-refractivity contribution in [3.63, 3.8) is 0 Å². The van der Waals surface area contributed by atoms with E-state index < -0.39 is 11.9 Å². The highest BCUT2D eigenvalue weighted by Crippen LogP contribution is 2.25. The molecule has 0 aliphatic rings. The van der Waals surface area contributed by atoms with Gasteiger partial charge < -0.3 is 9.47 Å². The van der Waals surface area contributed by atoms with Crippen molar-refractivity contribution in [3.8, 4) is 46.3 Å². The van der Waals surface area contributed by atoms with Crippen LogP contribution < -0.4 is 9.47 Å². The molecule has 0 spiro atoms. The van der Waals surface area contributed by atoms with Gasteiger partial charge in [-0.15, -0.1) is 0 Å². The minimum absolute atomic E-state index is 0.420. The van der Waals surface area contributed by atoms with Gasteiger partial charge in [0.15, 0.2) is 0 Å². The molecule has 4 nitrogen and oxygen atoms in total. The molecule has 0 fully saturated rings. The Bertz CT molecular complexity index is 1500. The third-order valence-electron chi connectivity index (χ3n) is 6.98. The van der Waals surface area contributed by atoms with Crippen molar-refractivity contribution in [2.24, 2.45) is 0 Å². The predicted molar refractivity (Wildman–Crippen MR) is 177 cm³/mol. The quantitative estimate of drug-likeness (QED) is 0.0765. The Morgan fingerprint density at radius 1 is 0.500 bits per heavy atom. The maximum absolute atomic E-state index is 12.6. The average Bonchev–Trinajstić information content (AvgIpc) is 3.06.